The van der Waals surface area contributed by atoms with Crippen LogP contribution in [0.3, 0.4) is 0 Å². The van der Waals surface area contributed by atoms with Crippen LogP contribution in [0, 0.1) is 6.92 Å². The summed E-state index contributed by atoms with van der Waals surface area (Å²) in [7, 11) is 0. The predicted molar refractivity (Wildman–Crippen MR) is 90.1 cm³/mol. The van der Waals surface area contributed by atoms with Gasteiger partial charge in [-0.15, -0.1) is 0 Å². The zero-order chi connectivity index (χ0) is 15.7. The van der Waals surface area contributed by atoms with Crippen LogP contribution in [-0.4, -0.2) is 15.5 Å². The molecule has 22 heavy (non-hydrogen) atoms. The second-order valence-electron chi connectivity index (χ2n) is 5.05. The lowest BCUT2D eigenvalue weighted by Gasteiger charge is -2.07. The number of para-hydroxylation sites is 2. The summed E-state index contributed by atoms with van der Waals surface area (Å²) in [5, 5.41) is 2.80. The van der Waals surface area contributed by atoms with Gasteiger partial charge in [0.05, 0.1) is 11.0 Å². The Morgan fingerprint density at radius 3 is 2.82 bits per heavy atom. The van der Waals surface area contributed by atoms with Crippen LogP contribution in [0.2, 0.25) is 0 Å². The zero-order valence-corrected chi connectivity index (χ0v) is 13.5. The average Bonchev–Trinajstić information content (AvgIpc) is 2.79. The summed E-state index contributed by atoms with van der Waals surface area (Å²) >= 11 is 3.43. The van der Waals surface area contributed by atoms with Crippen LogP contribution in [0.1, 0.15) is 5.56 Å². The van der Waals surface area contributed by atoms with Gasteiger partial charge in [-0.25, -0.2) is 4.79 Å². The molecule has 0 aliphatic rings. The Bertz CT molecular complexity index is 911. The van der Waals surface area contributed by atoms with Gasteiger partial charge in [-0.05, 0) is 36.8 Å². The Hall–Kier alpha value is -2.34. The normalized spacial score (nSPS) is 10.8. The first-order valence-corrected chi connectivity index (χ1v) is 7.57. The lowest BCUT2D eigenvalue weighted by atomic mass is 10.2. The molecule has 0 saturated carbocycles. The number of halogens is 1. The second kappa shape index (κ2) is 5.81. The lowest BCUT2D eigenvalue weighted by Crippen LogP contribution is -2.25. The highest BCUT2D eigenvalue weighted by atomic mass is 79.9. The lowest BCUT2D eigenvalue weighted by molar-refractivity contribution is -0.116. The number of amides is 1. The van der Waals surface area contributed by atoms with Gasteiger partial charge >= 0.3 is 5.69 Å². The molecular formula is C16H14BrN3O2. The molecule has 0 aliphatic carbocycles. The van der Waals surface area contributed by atoms with E-state index in [9.17, 15) is 9.59 Å². The maximum atomic E-state index is 12.2. The number of hydrogen-bond acceptors (Lipinski definition) is 2. The van der Waals surface area contributed by atoms with E-state index in [2.05, 4.69) is 26.2 Å². The van der Waals surface area contributed by atoms with Gasteiger partial charge in [0.1, 0.15) is 6.54 Å². The minimum absolute atomic E-state index is 0.0334. The molecule has 2 N–H and O–H groups in total. The van der Waals surface area contributed by atoms with E-state index in [-0.39, 0.29) is 18.1 Å². The summed E-state index contributed by atoms with van der Waals surface area (Å²) in [5.41, 5.74) is 2.92. The topological polar surface area (TPSA) is 66.9 Å². The van der Waals surface area contributed by atoms with Crippen LogP contribution < -0.4 is 11.0 Å². The largest absolute Gasteiger partial charge is 0.326 e. The summed E-state index contributed by atoms with van der Waals surface area (Å²) in [6, 6.07) is 12.9. The number of rotatable bonds is 3. The standard InChI is InChI=1S/C16H14BrN3O2/c1-10-6-7-11(8-12(10)17)18-15(21)9-20-14-5-3-2-4-13(14)19-16(20)22/h2-8H,9H2,1H3,(H,18,21)(H,19,22). The van der Waals surface area contributed by atoms with E-state index < -0.39 is 0 Å². The molecule has 3 rings (SSSR count). The third-order valence-electron chi connectivity index (χ3n) is 3.44. The van der Waals surface area contributed by atoms with Crippen molar-refractivity contribution in [3.05, 3.63) is 63.0 Å². The number of benzene rings is 2. The Kier molecular flexibility index (Phi) is 3.85. The van der Waals surface area contributed by atoms with E-state index in [1.165, 1.54) is 4.57 Å². The fourth-order valence-electron chi connectivity index (χ4n) is 2.28. The van der Waals surface area contributed by atoms with E-state index in [0.29, 0.717) is 11.2 Å². The van der Waals surface area contributed by atoms with Crippen LogP contribution >= 0.6 is 15.9 Å². The van der Waals surface area contributed by atoms with Gasteiger partial charge in [-0.2, -0.15) is 0 Å². The highest BCUT2D eigenvalue weighted by molar-refractivity contribution is 9.10. The number of nitrogens with one attached hydrogen (secondary N) is 2. The zero-order valence-electron chi connectivity index (χ0n) is 11.9. The maximum Gasteiger partial charge on any atom is 0.326 e. The first-order chi connectivity index (χ1) is 10.5. The van der Waals surface area contributed by atoms with Crippen molar-refractivity contribution in [2.75, 3.05) is 5.32 Å². The van der Waals surface area contributed by atoms with Gasteiger partial charge in [0.15, 0.2) is 0 Å². The first kappa shape index (κ1) is 14.6. The Labute approximate surface area is 135 Å². The minimum Gasteiger partial charge on any atom is -0.324 e. The van der Waals surface area contributed by atoms with Crippen molar-refractivity contribution in [1.82, 2.24) is 9.55 Å². The SMILES string of the molecule is Cc1ccc(NC(=O)Cn2c(=O)[nH]c3ccccc32)cc1Br. The van der Waals surface area contributed by atoms with Crippen molar-refractivity contribution in [2.45, 2.75) is 13.5 Å². The fraction of sp³-hybridized carbons (Fsp3) is 0.125. The van der Waals surface area contributed by atoms with E-state index in [1.54, 1.807) is 0 Å². The Morgan fingerprint density at radius 2 is 2.05 bits per heavy atom. The quantitative estimate of drug-likeness (QED) is 0.754. The summed E-state index contributed by atoms with van der Waals surface area (Å²) in [5.74, 6) is -0.248. The van der Waals surface area contributed by atoms with Gasteiger partial charge in [-0.1, -0.05) is 34.1 Å². The highest BCUT2D eigenvalue weighted by Crippen LogP contribution is 2.20. The molecule has 112 valence electrons. The molecule has 0 radical (unpaired) electrons. The van der Waals surface area contributed by atoms with Gasteiger partial charge in [-0.3, -0.25) is 9.36 Å². The Balaban J connectivity index is 1.82. The fourth-order valence-corrected chi connectivity index (χ4v) is 2.66. The van der Waals surface area contributed by atoms with E-state index >= 15 is 0 Å². The molecule has 0 aliphatic heterocycles. The second-order valence-corrected chi connectivity index (χ2v) is 5.90. The Morgan fingerprint density at radius 1 is 1.27 bits per heavy atom. The number of imidazole rings is 1. The van der Waals surface area contributed by atoms with Crippen molar-refractivity contribution in [3.63, 3.8) is 0 Å². The molecule has 1 amide bonds. The van der Waals surface area contributed by atoms with Crippen molar-refractivity contribution in [1.29, 1.82) is 0 Å². The van der Waals surface area contributed by atoms with E-state index in [1.807, 2.05) is 49.4 Å². The third kappa shape index (κ3) is 2.82. The summed E-state index contributed by atoms with van der Waals surface area (Å²) in [4.78, 5) is 26.8. The maximum absolute atomic E-state index is 12.2. The molecule has 0 spiro atoms. The number of carbonyl (C=O) groups excluding carboxylic acids is 1. The molecule has 2 aromatic carbocycles. The monoisotopic (exact) mass is 359 g/mol. The van der Waals surface area contributed by atoms with Crippen LogP contribution in [-0.2, 0) is 11.3 Å². The number of carbonyl (C=O) groups is 1. The summed E-state index contributed by atoms with van der Waals surface area (Å²) < 4.78 is 2.35. The number of aromatic nitrogens is 2. The first-order valence-electron chi connectivity index (χ1n) is 6.78. The molecule has 6 heteroatoms. The van der Waals surface area contributed by atoms with Crippen molar-refractivity contribution >= 4 is 38.6 Å². The number of hydrogen-bond donors (Lipinski definition) is 2. The molecule has 0 saturated heterocycles. The van der Waals surface area contributed by atoms with Gasteiger partial charge in [0.2, 0.25) is 5.91 Å². The molecule has 3 aromatic rings. The number of aromatic amines is 1. The van der Waals surface area contributed by atoms with E-state index in [4.69, 9.17) is 0 Å². The van der Waals surface area contributed by atoms with Crippen LogP contribution in [0.25, 0.3) is 11.0 Å². The van der Waals surface area contributed by atoms with Crippen molar-refractivity contribution in [3.8, 4) is 0 Å². The van der Waals surface area contributed by atoms with Crippen LogP contribution in [0.5, 0.6) is 0 Å². The number of aryl methyl sites for hydroxylation is 1. The van der Waals surface area contributed by atoms with Gasteiger partial charge < -0.3 is 10.3 Å². The number of nitrogens with zero attached hydrogens (tertiary/aromatic N) is 1. The number of H-pyrrole nitrogens is 1. The molecule has 0 unspecified atom stereocenters. The highest BCUT2D eigenvalue weighted by Gasteiger charge is 2.10. The average molecular weight is 360 g/mol. The van der Waals surface area contributed by atoms with Crippen molar-refractivity contribution in [2.24, 2.45) is 0 Å². The van der Waals surface area contributed by atoms with E-state index in [0.717, 1.165) is 15.6 Å². The summed E-state index contributed by atoms with van der Waals surface area (Å²) in [6.07, 6.45) is 0. The summed E-state index contributed by atoms with van der Waals surface area (Å²) in [6.45, 7) is 1.94. The molecule has 1 heterocycles. The number of anilines is 1. The van der Waals surface area contributed by atoms with Gasteiger partial charge in [0, 0.05) is 10.2 Å². The third-order valence-corrected chi connectivity index (χ3v) is 4.29. The molecule has 0 atom stereocenters. The van der Waals surface area contributed by atoms with Crippen molar-refractivity contribution < 1.29 is 4.79 Å². The van der Waals surface area contributed by atoms with Gasteiger partial charge in [0.25, 0.3) is 0 Å². The number of fused-ring (bicyclic) bond motifs is 1. The predicted octanol–water partition coefficient (Wildman–Crippen LogP) is 3.04. The molecule has 0 fully saturated rings. The smallest absolute Gasteiger partial charge is 0.324 e. The molecule has 0 bridgehead atoms. The van der Waals surface area contributed by atoms with Crippen LogP contribution in [0.15, 0.2) is 51.7 Å². The van der Waals surface area contributed by atoms with Crippen LogP contribution in [0.4, 0.5) is 5.69 Å². The molecule has 1 aromatic heterocycles. The minimum atomic E-state index is -0.290. The molecular weight excluding hydrogens is 346 g/mol. The molecule has 5 nitrogen and oxygen atoms in total.